The van der Waals surface area contributed by atoms with E-state index < -0.39 is 5.54 Å². The van der Waals surface area contributed by atoms with E-state index in [0.717, 1.165) is 42.7 Å². The monoisotopic (exact) mass is 326 g/mol. The number of amides is 1. The zero-order valence-electron chi connectivity index (χ0n) is 13.6. The van der Waals surface area contributed by atoms with E-state index in [4.69, 9.17) is 10.5 Å². The topological polar surface area (TPSA) is 64.3 Å². The van der Waals surface area contributed by atoms with E-state index in [9.17, 15) is 4.79 Å². The van der Waals surface area contributed by atoms with Crippen LogP contribution in [0.5, 0.6) is 5.75 Å². The molecule has 2 rings (SSSR count). The Balaban J connectivity index is 0.00000242. The molecule has 1 aromatic rings. The quantitative estimate of drug-likeness (QED) is 0.887. The summed E-state index contributed by atoms with van der Waals surface area (Å²) in [6, 6.07) is 5.73. The second kappa shape index (κ2) is 7.84. The summed E-state index contributed by atoms with van der Waals surface area (Å²) in [6.07, 6.45) is 3.97. The van der Waals surface area contributed by atoms with Crippen LogP contribution in [0.25, 0.3) is 0 Å². The molecule has 0 saturated heterocycles. The van der Waals surface area contributed by atoms with Crippen molar-refractivity contribution < 1.29 is 9.53 Å². The van der Waals surface area contributed by atoms with Crippen molar-refractivity contribution in [2.45, 2.75) is 52.0 Å². The number of rotatable bonds is 4. The minimum Gasteiger partial charge on any atom is -0.494 e. The first-order chi connectivity index (χ1) is 9.94. The summed E-state index contributed by atoms with van der Waals surface area (Å²) in [5.41, 5.74) is 7.74. The largest absolute Gasteiger partial charge is 0.494 e. The van der Waals surface area contributed by atoms with Crippen LogP contribution in [0.4, 0.5) is 5.69 Å². The Morgan fingerprint density at radius 1 is 1.45 bits per heavy atom. The van der Waals surface area contributed by atoms with Crippen LogP contribution in [0.1, 0.15) is 45.1 Å². The van der Waals surface area contributed by atoms with Gasteiger partial charge in [0.15, 0.2) is 0 Å². The second-order valence-electron chi connectivity index (χ2n) is 6.20. The molecular weight excluding hydrogens is 300 g/mol. The average molecular weight is 327 g/mol. The van der Waals surface area contributed by atoms with Crippen molar-refractivity contribution in [3.8, 4) is 5.75 Å². The Bertz CT molecular complexity index is 517. The molecule has 0 aliphatic heterocycles. The van der Waals surface area contributed by atoms with Crippen LogP contribution in [0, 0.1) is 12.8 Å². The van der Waals surface area contributed by atoms with Crippen molar-refractivity contribution in [2.24, 2.45) is 11.7 Å². The number of hydrogen-bond donors (Lipinski definition) is 2. The number of hydrogen-bond acceptors (Lipinski definition) is 3. The molecule has 1 aliphatic rings. The van der Waals surface area contributed by atoms with Crippen molar-refractivity contribution in [3.63, 3.8) is 0 Å². The van der Waals surface area contributed by atoms with E-state index in [0.29, 0.717) is 6.61 Å². The van der Waals surface area contributed by atoms with E-state index in [1.165, 1.54) is 0 Å². The molecule has 1 aliphatic carbocycles. The van der Waals surface area contributed by atoms with E-state index >= 15 is 0 Å². The van der Waals surface area contributed by atoms with E-state index in [-0.39, 0.29) is 24.2 Å². The smallest absolute Gasteiger partial charge is 0.229 e. The Kier molecular flexibility index (Phi) is 6.69. The molecule has 5 heteroatoms. The van der Waals surface area contributed by atoms with Crippen LogP contribution < -0.4 is 15.8 Å². The molecule has 0 bridgehead atoms. The van der Waals surface area contributed by atoms with Gasteiger partial charge >= 0.3 is 0 Å². The average Bonchev–Trinajstić information content (AvgIpc) is 2.41. The first-order valence-electron chi connectivity index (χ1n) is 7.77. The molecule has 0 spiro atoms. The molecule has 4 nitrogen and oxygen atoms in total. The highest BCUT2D eigenvalue weighted by atomic mass is 35.5. The molecular formula is C17H27ClN2O2. The Morgan fingerprint density at radius 2 is 2.18 bits per heavy atom. The number of carbonyl (C=O) groups excluding carboxylic acids is 1. The lowest BCUT2D eigenvalue weighted by molar-refractivity contribution is -0.122. The number of nitrogens with one attached hydrogen (secondary N) is 1. The van der Waals surface area contributed by atoms with Crippen molar-refractivity contribution in [3.05, 3.63) is 23.8 Å². The molecule has 124 valence electrons. The van der Waals surface area contributed by atoms with E-state index in [2.05, 4.69) is 5.32 Å². The predicted molar refractivity (Wildman–Crippen MR) is 92.8 cm³/mol. The number of anilines is 1. The molecule has 22 heavy (non-hydrogen) atoms. The summed E-state index contributed by atoms with van der Waals surface area (Å²) in [5.74, 6) is 0.749. The fraction of sp³-hybridized carbons (Fsp3) is 0.588. The lowest BCUT2D eigenvalue weighted by Crippen LogP contribution is -2.51. The standard InChI is InChI=1S/C17H26N2O2.ClH/c1-4-21-13-8-9-15(12(2)11-13)19-16(20)14-7-5-6-10-17(14,3)18;/h8-9,11,14H,4-7,10,18H2,1-3H3,(H,19,20);1H. The maximum Gasteiger partial charge on any atom is 0.229 e. The van der Waals surface area contributed by atoms with Crippen molar-refractivity contribution >= 4 is 24.0 Å². The van der Waals surface area contributed by atoms with Gasteiger partial charge < -0.3 is 15.8 Å². The molecule has 1 saturated carbocycles. The summed E-state index contributed by atoms with van der Waals surface area (Å²) in [6.45, 7) is 6.55. The first kappa shape index (κ1) is 18.8. The SMILES string of the molecule is CCOc1ccc(NC(=O)C2CCCCC2(C)N)c(C)c1.Cl. The Hall–Kier alpha value is -1.26. The number of benzene rings is 1. The van der Waals surface area contributed by atoms with Crippen molar-refractivity contribution in [1.29, 1.82) is 0 Å². The first-order valence-corrected chi connectivity index (χ1v) is 7.77. The van der Waals surface area contributed by atoms with Gasteiger partial charge in [0.2, 0.25) is 5.91 Å². The number of ether oxygens (including phenoxy) is 1. The summed E-state index contributed by atoms with van der Waals surface area (Å²) >= 11 is 0. The minimum atomic E-state index is -0.401. The van der Waals surface area contributed by atoms with Crippen LogP contribution >= 0.6 is 12.4 Å². The normalized spacial score (nSPS) is 24.3. The fourth-order valence-corrected chi connectivity index (χ4v) is 3.04. The predicted octanol–water partition coefficient (Wildman–Crippen LogP) is 3.66. The van der Waals surface area contributed by atoms with Gasteiger partial charge in [0, 0.05) is 11.2 Å². The molecule has 0 heterocycles. The van der Waals surface area contributed by atoms with Gasteiger partial charge in [0.1, 0.15) is 5.75 Å². The molecule has 1 aromatic carbocycles. The molecule has 1 amide bonds. The van der Waals surface area contributed by atoms with Crippen LogP contribution in [0.2, 0.25) is 0 Å². The third-order valence-corrected chi connectivity index (χ3v) is 4.34. The maximum atomic E-state index is 12.5. The van der Waals surface area contributed by atoms with Gasteiger partial charge in [-0.1, -0.05) is 12.8 Å². The molecule has 1 fully saturated rings. The van der Waals surface area contributed by atoms with Crippen LogP contribution in [-0.4, -0.2) is 18.1 Å². The van der Waals surface area contributed by atoms with Gasteiger partial charge in [-0.2, -0.15) is 0 Å². The number of aryl methyl sites for hydroxylation is 1. The van der Waals surface area contributed by atoms with E-state index in [1.54, 1.807) is 0 Å². The molecule has 0 aromatic heterocycles. The number of carbonyl (C=O) groups is 1. The third-order valence-electron chi connectivity index (χ3n) is 4.34. The second-order valence-corrected chi connectivity index (χ2v) is 6.20. The lowest BCUT2D eigenvalue weighted by atomic mass is 9.74. The van der Waals surface area contributed by atoms with Crippen LogP contribution in [-0.2, 0) is 4.79 Å². The number of halogens is 1. The minimum absolute atomic E-state index is 0. The summed E-state index contributed by atoms with van der Waals surface area (Å²) in [4.78, 5) is 12.5. The highest BCUT2D eigenvalue weighted by Gasteiger charge is 2.37. The highest BCUT2D eigenvalue weighted by molar-refractivity contribution is 5.94. The summed E-state index contributed by atoms with van der Waals surface area (Å²) in [5, 5.41) is 3.03. The van der Waals surface area contributed by atoms with Crippen molar-refractivity contribution in [1.82, 2.24) is 0 Å². The highest BCUT2D eigenvalue weighted by Crippen LogP contribution is 2.33. The van der Waals surface area contributed by atoms with Gasteiger partial charge in [-0.05, 0) is 57.4 Å². The van der Waals surface area contributed by atoms with E-state index in [1.807, 2.05) is 39.0 Å². The van der Waals surface area contributed by atoms with Crippen molar-refractivity contribution in [2.75, 3.05) is 11.9 Å². The van der Waals surface area contributed by atoms with Gasteiger partial charge in [0.05, 0.1) is 12.5 Å². The summed E-state index contributed by atoms with van der Waals surface area (Å²) < 4.78 is 5.46. The molecule has 2 atom stereocenters. The van der Waals surface area contributed by atoms with Gasteiger partial charge in [-0.3, -0.25) is 4.79 Å². The van der Waals surface area contributed by atoms with Gasteiger partial charge in [-0.15, -0.1) is 12.4 Å². The fourth-order valence-electron chi connectivity index (χ4n) is 3.04. The number of nitrogens with two attached hydrogens (primary N) is 1. The van der Waals surface area contributed by atoms with Crippen LogP contribution in [0.15, 0.2) is 18.2 Å². The maximum absolute atomic E-state index is 12.5. The van der Waals surface area contributed by atoms with Crippen LogP contribution in [0.3, 0.4) is 0 Å². The van der Waals surface area contributed by atoms with Gasteiger partial charge in [0.25, 0.3) is 0 Å². The zero-order chi connectivity index (χ0) is 15.5. The zero-order valence-corrected chi connectivity index (χ0v) is 14.5. The molecule has 0 radical (unpaired) electrons. The Morgan fingerprint density at radius 3 is 2.77 bits per heavy atom. The molecule has 3 N–H and O–H groups in total. The summed E-state index contributed by atoms with van der Waals surface area (Å²) in [7, 11) is 0. The third kappa shape index (κ3) is 4.37. The Labute approximate surface area is 139 Å². The molecule has 2 unspecified atom stereocenters. The van der Waals surface area contributed by atoms with Gasteiger partial charge in [-0.25, -0.2) is 0 Å². The lowest BCUT2D eigenvalue weighted by Gasteiger charge is -2.37.